The molecule has 1 heterocycles. The highest BCUT2D eigenvalue weighted by atomic mass is 16.1. The summed E-state index contributed by atoms with van der Waals surface area (Å²) in [5, 5.41) is 3.37. The van der Waals surface area contributed by atoms with Gasteiger partial charge in [0.1, 0.15) is 0 Å². The van der Waals surface area contributed by atoms with E-state index in [4.69, 9.17) is 5.73 Å². The maximum absolute atomic E-state index is 10.9. The van der Waals surface area contributed by atoms with E-state index in [-0.39, 0.29) is 11.8 Å². The van der Waals surface area contributed by atoms with Crippen molar-refractivity contribution in [2.24, 2.45) is 17.6 Å². The number of primary amides is 1. The number of piperidine rings is 1. The molecule has 1 saturated heterocycles. The molecule has 1 rings (SSSR count). The zero-order valence-electron chi connectivity index (χ0n) is 10.5. The third-order valence-corrected chi connectivity index (χ3v) is 3.45. The van der Waals surface area contributed by atoms with Gasteiger partial charge in [0.05, 0.1) is 0 Å². The molecule has 1 unspecified atom stereocenters. The van der Waals surface area contributed by atoms with Gasteiger partial charge in [0, 0.05) is 12.5 Å². The number of hydrogen-bond donors (Lipinski definition) is 2. The van der Waals surface area contributed by atoms with Crippen molar-refractivity contribution < 1.29 is 4.79 Å². The fourth-order valence-electron chi connectivity index (χ4n) is 2.22. The van der Waals surface area contributed by atoms with Crippen molar-refractivity contribution in [3.05, 3.63) is 0 Å². The summed E-state index contributed by atoms with van der Waals surface area (Å²) in [4.78, 5) is 13.1. The highest BCUT2D eigenvalue weighted by Gasteiger charge is 2.15. The lowest BCUT2D eigenvalue weighted by Gasteiger charge is -2.26. The quantitative estimate of drug-likeness (QED) is 0.692. The molecule has 94 valence electrons. The Morgan fingerprint density at radius 3 is 2.69 bits per heavy atom. The summed E-state index contributed by atoms with van der Waals surface area (Å²) in [6.45, 7) is 6.06. The molecule has 0 aromatic carbocycles. The molecule has 4 heteroatoms. The summed E-state index contributed by atoms with van der Waals surface area (Å²) in [7, 11) is 2.07. The molecular weight excluding hydrogens is 202 g/mol. The molecule has 1 aliphatic rings. The van der Waals surface area contributed by atoms with Gasteiger partial charge in [-0.1, -0.05) is 6.92 Å². The predicted octanol–water partition coefficient (Wildman–Crippen LogP) is 0.429. The minimum atomic E-state index is -0.200. The van der Waals surface area contributed by atoms with Gasteiger partial charge in [-0.2, -0.15) is 0 Å². The number of hydrogen-bond acceptors (Lipinski definition) is 3. The second-order valence-corrected chi connectivity index (χ2v) is 5.05. The molecule has 0 spiro atoms. The van der Waals surface area contributed by atoms with Crippen LogP contribution in [-0.4, -0.2) is 44.0 Å². The van der Waals surface area contributed by atoms with Crippen LogP contribution in [0.25, 0.3) is 0 Å². The fourth-order valence-corrected chi connectivity index (χ4v) is 2.22. The first kappa shape index (κ1) is 13.5. The van der Waals surface area contributed by atoms with Crippen LogP contribution in [0.5, 0.6) is 0 Å². The van der Waals surface area contributed by atoms with Gasteiger partial charge in [-0.3, -0.25) is 4.79 Å². The highest BCUT2D eigenvalue weighted by Crippen LogP contribution is 2.16. The topological polar surface area (TPSA) is 58.4 Å². The average Bonchev–Trinajstić information content (AvgIpc) is 2.27. The van der Waals surface area contributed by atoms with Crippen LogP contribution in [0.4, 0.5) is 0 Å². The summed E-state index contributed by atoms with van der Waals surface area (Å²) >= 11 is 0. The fraction of sp³-hybridized carbons (Fsp3) is 0.917. The minimum absolute atomic E-state index is 0.0435. The van der Waals surface area contributed by atoms with Crippen molar-refractivity contribution >= 4 is 5.91 Å². The molecule has 1 atom stereocenters. The van der Waals surface area contributed by atoms with Crippen LogP contribution < -0.4 is 11.1 Å². The van der Waals surface area contributed by atoms with Crippen LogP contribution in [0.1, 0.15) is 26.2 Å². The molecule has 0 bridgehead atoms. The van der Waals surface area contributed by atoms with Gasteiger partial charge in [-0.05, 0) is 51.9 Å². The van der Waals surface area contributed by atoms with Gasteiger partial charge in [0.25, 0.3) is 0 Å². The van der Waals surface area contributed by atoms with Crippen LogP contribution in [0, 0.1) is 11.8 Å². The van der Waals surface area contributed by atoms with Crippen molar-refractivity contribution in [2.75, 3.05) is 33.2 Å². The Labute approximate surface area is 98.6 Å². The van der Waals surface area contributed by atoms with E-state index in [0.29, 0.717) is 0 Å². The number of nitrogens with zero attached hydrogens (tertiary/aromatic N) is 1. The second-order valence-electron chi connectivity index (χ2n) is 5.05. The molecule has 1 aliphatic heterocycles. The predicted molar refractivity (Wildman–Crippen MR) is 66.1 cm³/mol. The molecule has 1 amide bonds. The Morgan fingerprint density at radius 2 is 2.12 bits per heavy atom. The van der Waals surface area contributed by atoms with Crippen molar-refractivity contribution in [1.29, 1.82) is 0 Å². The Kier molecular flexibility index (Phi) is 5.77. The smallest absolute Gasteiger partial charge is 0.221 e. The molecule has 1 fully saturated rings. The highest BCUT2D eigenvalue weighted by molar-refractivity contribution is 5.76. The van der Waals surface area contributed by atoms with E-state index in [0.717, 1.165) is 32.1 Å². The van der Waals surface area contributed by atoms with Gasteiger partial charge in [0.15, 0.2) is 0 Å². The lowest BCUT2D eigenvalue weighted by atomic mass is 9.94. The lowest BCUT2D eigenvalue weighted by Crippen LogP contribution is -2.34. The van der Waals surface area contributed by atoms with E-state index in [9.17, 15) is 4.79 Å². The van der Waals surface area contributed by atoms with E-state index in [2.05, 4.69) is 17.3 Å². The number of amides is 1. The third kappa shape index (κ3) is 4.94. The lowest BCUT2D eigenvalue weighted by molar-refractivity contribution is -0.121. The molecule has 0 aromatic rings. The van der Waals surface area contributed by atoms with Crippen molar-refractivity contribution in [2.45, 2.75) is 26.2 Å². The van der Waals surface area contributed by atoms with E-state index in [1.807, 2.05) is 6.92 Å². The van der Waals surface area contributed by atoms with Gasteiger partial charge in [-0.15, -0.1) is 0 Å². The van der Waals surface area contributed by atoms with Crippen LogP contribution in [0.2, 0.25) is 0 Å². The van der Waals surface area contributed by atoms with Crippen LogP contribution in [0.3, 0.4) is 0 Å². The normalized spacial score (nSPS) is 19.9. The molecule has 16 heavy (non-hydrogen) atoms. The number of rotatable bonds is 6. The Bertz CT molecular complexity index is 214. The Morgan fingerprint density at radius 1 is 1.50 bits per heavy atom. The number of carbonyl (C=O) groups is 1. The molecule has 0 saturated carbocycles. The minimum Gasteiger partial charge on any atom is -0.369 e. The van der Waals surface area contributed by atoms with Crippen molar-refractivity contribution in [1.82, 2.24) is 10.2 Å². The maximum Gasteiger partial charge on any atom is 0.221 e. The number of carbonyl (C=O) groups excluding carboxylic acids is 1. The van der Waals surface area contributed by atoms with Gasteiger partial charge < -0.3 is 16.0 Å². The SMILES string of the molecule is CC(CN(C)CCC1CCNCC1)C(N)=O. The summed E-state index contributed by atoms with van der Waals surface area (Å²) in [5.74, 6) is 0.610. The molecule has 4 nitrogen and oxygen atoms in total. The van der Waals surface area contributed by atoms with E-state index < -0.39 is 0 Å². The summed E-state index contributed by atoms with van der Waals surface area (Å²) in [5.41, 5.74) is 5.25. The summed E-state index contributed by atoms with van der Waals surface area (Å²) in [6, 6.07) is 0. The maximum atomic E-state index is 10.9. The van der Waals surface area contributed by atoms with E-state index in [1.54, 1.807) is 0 Å². The molecule has 0 aromatic heterocycles. The standard InChI is InChI=1S/C12H25N3O/c1-10(12(13)16)9-15(2)8-5-11-3-6-14-7-4-11/h10-11,14H,3-9H2,1-2H3,(H2,13,16). The van der Waals surface area contributed by atoms with Crippen molar-refractivity contribution in [3.63, 3.8) is 0 Å². The molecule has 0 aliphatic carbocycles. The zero-order valence-corrected chi connectivity index (χ0v) is 10.5. The summed E-state index contributed by atoms with van der Waals surface area (Å²) < 4.78 is 0. The average molecular weight is 227 g/mol. The van der Waals surface area contributed by atoms with E-state index in [1.165, 1.54) is 19.3 Å². The van der Waals surface area contributed by atoms with Gasteiger partial charge in [0.2, 0.25) is 5.91 Å². The van der Waals surface area contributed by atoms with Gasteiger partial charge in [-0.25, -0.2) is 0 Å². The van der Waals surface area contributed by atoms with Crippen LogP contribution >= 0.6 is 0 Å². The first-order valence-electron chi connectivity index (χ1n) is 6.28. The number of nitrogens with two attached hydrogens (primary N) is 1. The number of nitrogens with one attached hydrogen (secondary N) is 1. The molecule has 3 N–H and O–H groups in total. The Balaban J connectivity index is 2.13. The third-order valence-electron chi connectivity index (χ3n) is 3.45. The first-order valence-corrected chi connectivity index (χ1v) is 6.28. The van der Waals surface area contributed by atoms with Crippen LogP contribution in [-0.2, 0) is 4.79 Å². The second kappa shape index (κ2) is 6.86. The van der Waals surface area contributed by atoms with Crippen molar-refractivity contribution in [3.8, 4) is 0 Å². The molecule has 0 radical (unpaired) electrons. The van der Waals surface area contributed by atoms with Gasteiger partial charge >= 0.3 is 0 Å². The summed E-state index contributed by atoms with van der Waals surface area (Å²) in [6.07, 6.45) is 3.82. The zero-order chi connectivity index (χ0) is 12.0. The van der Waals surface area contributed by atoms with E-state index >= 15 is 0 Å². The monoisotopic (exact) mass is 227 g/mol. The largest absolute Gasteiger partial charge is 0.369 e. The first-order chi connectivity index (χ1) is 7.59. The van der Waals surface area contributed by atoms with Crippen LogP contribution in [0.15, 0.2) is 0 Å². The Hall–Kier alpha value is -0.610. The molecular formula is C12H25N3O.